The van der Waals surface area contributed by atoms with Crippen LogP contribution in [0.2, 0.25) is 0 Å². The summed E-state index contributed by atoms with van der Waals surface area (Å²) >= 11 is 0. The van der Waals surface area contributed by atoms with E-state index in [1.807, 2.05) is 106 Å². The van der Waals surface area contributed by atoms with Gasteiger partial charge in [-0.15, -0.1) is 0 Å². The number of rotatable bonds is 5. The number of hydrogen-bond acceptors (Lipinski definition) is 5. The second-order valence-electron chi connectivity index (χ2n) is 15.0. The molecule has 0 atom stereocenters. The van der Waals surface area contributed by atoms with E-state index in [0.29, 0.717) is 50.8 Å². The maximum atomic E-state index is 11.8. The number of aromatic amines is 1. The molecule has 7 aromatic rings. The van der Waals surface area contributed by atoms with Crippen LogP contribution in [0.15, 0.2) is 109 Å². The average molecular weight is 679 g/mol. The molecule has 7 rings (SSSR count). The minimum Gasteiger partial charge on any atom is -0.508 e. The molecule has 7 nitrogen and oxygen atoms in total. The number of H-pyrrole nitrogens is 1. The largest absolute Gasteiger partial charge is 0.508 e. The molecule has 0 radical (unpaired) electrons. The van der Waals surface area contributed by atoms with Gasteiger partial charge in [-0.2, -0.15) is 5.26 Å². The SMILES string of the molecule is [C-]#[N+]c1c(C(C)(C)C)cc(-c2nc3cccc(-c4cc(-c5ccccc5)cc(-c5cc(-c6ccccc6)c(C#N)cn5)n4)c3[nH]2)c(O)c1C(C)(C)C. The van der Waals surface area contributed by atoms with Crippen LogP contribution in [-0.4, -0.2) is 25.0 Å². The number of para-hydroxylation sites is 1. The molecule has 0 fully saturated rings. The lowest BCUT2D eigenvalue weighted by atomic mass is 9.77. The average Bonchev–Trinajstić information content (AvgIpc) is 3.58. The van der Waals surface area contributed by atoms with Crippen LogP contribution in [0, 0.1) is 17.9 Å². The van der Waals surface area contributed by atoms with Crippen molar-refractivity contribution in [3.05, 3.63) is 137 Å². The highest BCUT2D eigenvalue weighted by Gasteiger charge is 2.32. The van der Waals surface area contributed by atoms with E-state index >= 15 is 0 Å². The van der Waals surface area contributed by atoms with Gasteiger partial charge < -0.3 is 10.1 Å². The maximum absolute atomic E-state index is 11.8. The van der Waals surface area contributed by atoms with Gasteiger partial charge in [0.25, 0.3) is 0 Å². The van der Waals surface area contributed by atoms with Crippen LogP contribution in [0.5, 0.6) is 5.75 Å². The number of phenols is 1. The fraction of sp³-hybridized carbons (Fsp3) is 0.178. The number of imidazole rings is 1. The summed E-state index contributed by atoms with van der Waals surface area (Å²) < 4.78 is 0. The second kappa shape index (κ2) is 13.0. The molecule has 0 amide bonds. The molecule has 7 heteroatoms. The molecular weight excluding hydrogens is 641 g/mol. The van der Waals surface area contributed by atoms with Gasteiger partial charge >= 0.3 is 0 Å². The molecule has 254 valence electrons. The third-order valence-corrected chi connectivity index (χ3v) is 9.30. The first-order valence-electron chi connectivity index (χ1n) is 17.2. The van der Waals surface area contributed by atoms with Crippen molar-refractivity contribution in [1.82, 2.24) is 19.9 Å². The Labute approximate surface area is 304 Å². The van der Waals surface area contributed by atoms with Crippen LogP contribution in [0.25, 0.3) is 72.2 Å². The van der Waals surface area contributed by atoms with Crippen molar-refractivity contribution >= 4 is 16.7 Å². The summed E-state index contributed by atoms with van der Waals surface area (Å²) in [6, 6.07) is 36.1. The molecule has 3 heterocycles. The minimum atomic E-state index is -0.491. The molecule has 0 bridgehead atoms. The fourth-order valence-corrected chi connectivity index (χ4v) is 6.75. The zero-order valence-electron chi connectivity index (χ0n) is 30.1. The number of aromatic nitrogens is 4. The quantitative estimate of drug-likeness (QED) is 0.176. The molecule has 0 saturated heterocycles. The molecule has 3 aromatic heterocycles. The van der Waals surface area contributed by atoms with Gasteiger partial charge in [0.1, 0.15) is 17.6 Å². The molecule has 2 N–H and O–H groups in total. The number of pyridine rings is 2. The fourth-order valence-electron chi connectivity index (χ4n) is 6.75. The number of aromatic hydroxyl groups is 1. The predicted octanol–water partition coefficient (Wildman–Crippen LogP) is 11.4. The van der Waals surface area contributed by atoms with E-state index in [2.05, 4.69) is 54.9 Å². The Hall–Kier alpha value is -6.57. The number of fused-ring (bicyclic) bond motifs is 1. The van der Waals surface area contributed by atoms with Crippen molar-refractivity contribution in [2.24, 2.45) is 0 Å². The molecule has 52 heavy (non-hydrogen) atoms. The molecule has 0 aliphatic carbocycles. The Morgan fingerprint density at radius 1 is 0.692 bits per heavy atom. The highest BCUT2D eigenvalue weighted by Crippen LogP contribution is 2.49. The Kier molecular flexibility index (Phi) is 8.45. The van der Waals surface area contributed by atoms with E-state index in [9.17, 15) is 10.4 Å². The van der Waals surface area contributed by atoms with E-state index in [1.54, 1.807) is 6.20 Å². The van der Waals surface area contributed by atoms with Crippen LogP contribution < -0.4 is 0 Å². The van der Waals surface area contributed by atoms with Gasteiger partial charge in [-0.3, -0.25) is 4.98 Å². The van der Waals surface area contributed by atoms with Crippen molar-refractivity contribution in [3.8, 4) is 68.1 Å². The lowest BCUT2D eigenvalue weighted by Gasteiger charge is -2.29. The zero-order valence-corrected chi connectivity index (χ0v) is 30.1. The minimum absolute atomic E-state index is 0.0553. The Bertz CT molecular complexity index is 2560. The molecular formula is C45H38N6O. The van der Waals surface area contributed by atoms with Gasteiger partial charge in [0.05, 0.1) is 45.8 Å². The van der Waals surface area contributed by atoms with E-state index in [0.717, 1.165) is 38.9 Å². The van der Waals surface area contributed by atoms with Gasteiger partial charge in [0.2, 0.25) is 0 Å². The number of nitriles is 1. The molecule has 0 unspecified atom stereocenters. The Morgan fingerprint density at radius 2 is 1.37 bits per heavy atom. The van der Waals surface area contributed by atoms with Crippen molar-refractivity contribution in [1.29, 1.82) is 5.26 Å². The van der Waals surface area contributed by atoms with Crippen LogP contribution in [-0.2, 0) is 10.8 Å². The molecule has 0 aliphatic rings. The maximum Gasteiger partial charge on any atom is 0.198 e. The van der Waals surface area contributed by atoms with Crippen LogP contribution in [0.3, 0.4) is 0 Å². The summed E-state index contributed by atoms with van der Waals surface area (Å²) in [6.45, 7) is 20.3. The standard InChI is InChI=1S/C45H38N6O/c1-44(2,3)34-23-33(42(52)39(41(34)47-7)45(4,5)6)43-50-35-20-14-19-31(40(35)51-43)36-21-29(27-15-10-8-11-16-27)22-38(49-36)37-24-32(30(25-46)26-48-37)28-17-12-9-13-18-28/h8-24,26,52H,1-6H3,(H,50,51). The summed E-state index contributed by atoms with van der Waals surface area (Å²) in [4.78, 5) is 22.3. The van der Waals surface area contributed by atoms with Gasteiger partial charge in [0.15, 0.2) is 5.69 Å². The third kappa shape index (κ3) is 6.19. The van der Waals surface area contributed by atoms with Crippen molar-refractivity contribution < 1.29 is 5.11 Å². The van der Waals surface area contributed by atoms with Crippen molar-refractivity contribution in [3.63, 3.8) is 0 Å². The smallest absolute Gasteiger partial charge is 0.198 e. The normalized spacial score (nSPS) is 11.7. The Morgan fingerprint density at radius 3 is 2.00 bits per heavy atom. The zero-order chi connectivity index (χ0) is 36.8. The molecule has 4 aromatic carbocycles. The lowest BCUT2D eigenvalue weighted by Crippen LogP contribution is -2.17. The summed E-state index contributed by atoms with van der Waals surface area (Å²) in [5.41, 5.74) is 10.2. The number of nitrogens with one attached hydrogen (secondary N) is 1. The molecule has 0 spiro atoms. The highest BCUT2D eigenvalue weighted by atomic mass is 16.3. The van der Waals surface area contributed by atoms with Crippen LogP contribution >= 0.6 is 0 Å². The number of hydrogen-bond donors (Lipinski definition) is 2. The molecule has 0 aliphatic heterocycles. The topological polar surface area (TPSA) is 103 Å². The third-order valence-electron chi connectivity index (χ3n) is 9.30. The highest BCUT2D eigenvalue weighted by molar-refractivity contribution is 5.95. The van der Waals surface area contributed by atoms with Crippen molar-refractivity contribution in [2.45, 2.75) is 52.4 Å². The summed E-state index contributed by atoms with van der Waals surface area (Å²) in [6.07, 6.45) is 1.61. The lowest BCUT2D eigenvalue weighted by molar-refractivity contribution is 0.448. The van der Waals surface area contributed by atoms with E-state index in [-0.39, 0.29) is 11.2 Å². The van der Waals surface area contributed by atoms with Gasteiger partial charge in [0, 0.05) is 22.9 Å². The molecule has 0 saturated carbocycles. The summed E-state index contributed by atoms with van der Waals surface area (Å²) in [5.74, 6) is 0.563. The summed E-state index contributed by atoms with van der Waals surface area (Å²) in [7, 11) is 0. The van der Waals surface area contributed by atoms with Gasteiger partial charge in [-0.05, 0) is 57.3 Å². The first-order chi connectivity index (χ1) is 24.9. The number of nitrogens with zero attached hydrogens (tertiary/aromatic N) is 5. The van der Waals surface area contributed by atoms with E-state index in [1.165, 1.54) is 0 Å². The number of phenolic OH excluding ortho intramolecular Hbond substituents is 1. The number of benzene rings is 4. The van der Waals surface area contributed by atoms with E-state index in [4.69, 9.17) is 21.5 Å². The van der Waals surface area contributed by atoms with E-state index < -0.39 is 5.41 Å². The first kappa shape index (κ1) is 33.9. The van der Waals surface area contributed by atoms with Crippen LogP contribution in [0.1, 0.15) is 58.2 Å². The summed E-state index contributed by atoms with van der Waals surface area (Å²) in [5, 5.41) is 21.7. The van der Waals surface area contributed by atoms with Crippen molar-refractivity contribution in [2.75, 3.05) is 0 Å². The van der Waals surface area contributed by atoms with Gasteiger partial charge in [-0.1, -0.05) is 120 Å². The monoisotopic (exact) mass is 678 g/mol. The predicted molar refractivity (Wildman–Crippen MR) is 209 cm³/mol. The second-order valence-corrected chi connectivity index (χ2v) is 15.0. The van der Waals surface area contributed by atoms with Gasteiger partial charge in [-0.25, -0.2) is 14.8 Å². The van der Waals surface area contributed by atoms with Crippen LogP contribution in [0.4, 0.5) is 5.69 Å². The first-order valence-corrected chi connectivity index (χ1v) is 17.2. The Balaban J connectivity index is 1.45.